The number of nitrogens with zero attached hydrogens (tertiary/aromatic N) is 3. The molecule has 0 radical (unpaired) electrons. The van der Waals surface area contributed by atoms with Gasteiger partial charge in [0.15, 0.2) is 5.82 Å². The van der Waals surface area contributed by atoms with Crippen molar-refractivity contribution in [3.8, 4) is 11.3 Å². The first-order chi connectivity index (χ1) is 13.6. The summed E-state index contributed by atoms with van der Waals surface area (Å²) in [4.78, 5) is 12.5. The van der Waals surface area contributed by atoms with Gasteiger partial charge in [0.25, 0.3) is 5.91 Å². The molecular formula is C21H18ClN5O. The fourth-order valence-corrected chi connectivity index (χ4v) is 3.00. The van der Waals surface area contributed by atoms with Gasteiger partial charge in [-0.1, -0.05) is 54.1 Å². The van der Waals surface area contributed by atoms with Gasteiger partial charge in [-0.15, -0.1) is 0 Å². The number of carbonyl (C=O) groups is 1. The van der Waals surface area contributed by atoms with Crippen LogP contribution in [0.25, 0.3) is 11.3 Å². The minimum atomic E-state index is -0.294. The molecule has 7 heteroatoms. The quantitative estimate of drug-likeness (QED) is 0.524. The lowest BCUT2D eigenvalue weighted by Gasteiger charge is -2.04. The van der Waals surface area contributed by atoms with Gasteiger partial charge in [-0.25, -0.2) is 0 Å². The average molecular weight is 392 g/mol. The van der Waals surface area contributed by atoms with E-state index in [0.29, 0.717) is 28.8 Å². The number of hydrogen-bond donors (Lipinski definition) is 2. The van der Waals surface area contributed by atoms with Crippen LogP contribution in [0.4, 0.5) is 5.82 Å². The normalized spacial score (nSPS) is 10.8. The van der Waals surface area contributed by atoms with E-state index in [9.17, 15) is 4.79 Å². The molecule has 0 bridgehead atoms. The Kier molecular flexibility index (Phi) is 4.95. The van der Waals surface area contributed by atoms with E-state index in [-0.39, 0.29) is 5.91 Å². The Morgan fingerprint density at radius 2 is 1.86 bits per heavy atom. The molecule has 0 spiro atoms. The molecule has 140 valence electrons. The van der Waals surface area contributed by atoms with Crippen molar-refractivity contribution in [1.82, 2.24) is 20.0 Å². The fourth-order valence-electron chi connectivity index (χ4n) is 2.88. The summed E-state index contributed by atoms with van der Waals surface area (Å²) in [5.74, 6) is 0.207. The van der Waals surface area contributed by atoms with Crippen molar-refractivity contribution in [3.05, 3.63) is 88.7 Å². The number of aromatic amines is 1. The molecule has 0 fully saturated rings. The number of hydrogen-bond acceptors (Lipinski definition) is 3. The van der Waals surface area contributed by atoms with Gasteiger partial charge in [0, 0.05) is 22.3 Å². The summed E-state index contributed by atoms with van der Waals surface area (Å²) in [6.45, 7) is 2.60. The van der Waals surface area contributed by atoms with Gasteiger partial charge >= 0.3 is 0 Å². The predicted molar refractivity (Wildman–Crippen MR) is 109 cm³/mol. The highest BCUT2D eigenvalue weighted by Gasteiger charge is 2.14. The fraction of sp³-hybridized carbons (Fsp3) is 0.0952. The maximum absolute atomic E-state index is 12.5. The molecule has 0 aliphatic heterocycles. The molecule has 1 amide bonds. The summed E-state index contributed by atoms with van der Waals surface area (Å²) in [5, 5.41) is 14.9. The second-order valence-electron chi connectivity index (χ2n) is 6.44. The third-order valence-corrected chi connectivity index (χ3v) is 4.61. The summed E-state index contributed by atoms with van der Waals surface area (Å²) in [6.07, 6.45) is 0. The number of anilines is 1. The van der Waals surface area contributed by atoms with Crippen LogP contribution in [0.3, 0.4) is 0 Å². The molecule has 28 heavy (non-hydrogen) atoms. The Labute approximate surface area is 167 Å². The van der Waals surface area contributed by atoms with Crippen LogP contribution in [-0.2, 0) is 6.54 Å². The summed E-state index contributed by atoms with van der Waals surface area (Å²) < 4.78 is 1.86. The van der Waals surface area contributed by atoms with Crippen molar-refractivity contribution >= 4 is 23.3 Å². The Balaban J connectivity index is 1.47. The highest BCUT2D eigenvalue weighted by molar-refractivity contribution is 6.30. The maximum Gasteiger partial charge on any atom is 0.274 e. The average Bonchev–Trinajstić information content (AvgIpc) is 3.31. The summed E-state index contributed by atoms with van der Waals surface area (Å²) >= 11 is 5.91. The molecule has 6 nitrogen and oxygen atoms in total. The zero-order chi connectivity index (χ0) is 19.5. The van der Waals surface area contributed by atoms with Gasteiger partial charge in [-0.05, 0) is 30.7 Å². The molecule has 0 atom stereocenters. The van der Waals surface area contributed by atoms with Gasteiger partial charge in [-0.3, -0.25) is 14.6 Å². The molecule has 2 heterocycles. The Morgan fingerprint density at radius 3 is 2.61 bits per heavy atom. The number of carbonyl (C=O) groups excluding carboxylic acids is 1. The Morgan fingerprint density at radius 1 is 1.11 bits per heavy atom. The molecule has 4 aromatic rings. The smallest absolute Gasteiger partial charge is 0.274 e. The molecule has 2 aromatic carbocycles. The standard InChI is InChI=1S/C21H18ClN5O/c1-14-11-20(26-27(14)13-15-5-3-2-4-6-15)23-21(28)19-12-18(24-25-19)16-7-9-17(22)10-8-16/h2-12H,13H2,1H3,(H,24,25)(H,23,26,28). The molecule has 0 aliphatic carbocycles. The van der Waals surface area contributed by atoms with Crippen molar-refractivity contribution in [2.75, 3.05) is 5.32 Å². The lowest BCUT2D eigenvalue weighted by molar-refractivity contribution is 0.102. The predicted octanol–water partition coefficient (Wildman–Crippen LogP) is 4.54. The van der Waals surface area contributed by atoms with Crippen molar-refractivity contribution in [3.63, 3.8) is 0 Å². The number of nitrogens with one attached hydrogen (secondary N) is 2. The van der Waals surface area contributed by atoms with Crippen LogP contribution in [-0.4, -0.2) is 25.9 Å². The summed E-state index contributed by atoms with van der Waals surface area (Å²) in [6, 6.07) is 20.9. The van der Waals surface area contributed by atoms with Gasteiger partial charge in [0.2, 0.25) is 0 Å². The van der Waals surface area contributed by atoms with Gasteiger partial charge in [-0.2, -0.15) is 10.2 Å². The minimum absolute atomic E-state index is 0.294. The highest BCUT2D eigenvalue weighted by atomic mass is 35.5. The van der Waals surface area contributed by atoms with Crippen LogP contribution >= 0.6 is 11.6 Å². The van der Waals surface area contributed by atoms with Crippen LogP contribution in [0.1, 0.15) is 21.7 Å². The number of H-pyrrole nitrogens is 1. The monoisotopic (exact) mass is 391 g/mol. The minimum Gasteiger partial charge on any atom is -0.304 e. The lowest BCUT2D eigenvalue weighted by atomic mass is 10.1. The van der Waals surface area contributed by atoms with Crippen LogP contribution < -0.4 is 5.32 Å². The van der Waals surface area contributed by atoms with Gasteiger partial charge in [0.05, 0.1) is 12.2 Å². The second-order valence-corrected chi connectivity index (χ2v) is 6.88. The number of halogens is 1. The first kappa shape index (κ1) is 18.0. The molecule has 2 N–H and O–H groups in total. The number of amides is 1. The van der Waals surface area contributed by atoms with Gasteiger partial charge < -0.3 is 5.32 Å². The van der Waals surface area contributed by atoms with E-state index in [4.69, 9.17) is 11.6 Å². The Hall–Kier alpha value is -3.38. The van der Waals surface area contributed by atoms with Crippen molar-refractivity contribution < 1.29 is 4.79 Å². The third-order valence-electron chi connectivity index (χ3n) is 4.36. The maximum atomic E-state index is 12.5. The highest BCUT2D eigenvalue weighted by Crippen LogP contribution is 2.20. The molecule has 0 unspecified atom stereocenters. The van der Waals surface area contributed by atoms with Crippen LogP contribution in [0, 0.1) is 6.92 Å². The SMILES string of the molecule is Cc1cc(NC(=O)c2cc(-c3ccc(Cl)cc3)n[nH]2)nn1Cc1ccccc1. The van der Waals surface area contributed by atoms with E-state index < -0.39 is 0 Å². The van der Waals surface area contributed by atoms with Crippen molar-refractivity contribution in [1.29, 1.82) is 0 Å². The van der Waals surface area contributed by atoms with Crippen molar-refractivity contribution in [2.24, 2.45) is 0 Å². The second kappa shape index (κ2) is 7.70. The van der Waals surface area contributed by atoms with Crippen molar-refractivity contribution in [2.45, 2.75) is 13.5 Å². The van der Waals surface area contributed by atoms with E-state index in [1.165, 1.54) is 0 Å². The van der Waals surface area contributed by atoms with Crippen LogP contribution in [0.15, 0.2) is 66.7 Å². The number of rotatable bonds is 5. The molecule has 0 saturated heterocycles. The van der Waals surface area contributed by atoms with Crippen LogP contribution in [0.2, 0.25) is 5.02 Å². The van der Waals surface area contributed by atoms with E-state index in [1.807, 2.05) is 60.1 Å². The first-order valence-corrected chi connectivity index (χ1v) is 9.17. The first-order valence-electron chi connectivity index (χ1n) is 8.79. The summed E-state index contributed by atoms with van der Waals surface area (Å²) in [7, 11) is 0. The zero-order valence-corrected chi connectivity index (χ0v) is 15.9. The number of aromatic nitrogens is 4. The number of benzene rings is 2. The molecular weight excluding hydrogens is 374 g/mol. The largest absolute Gasteiger partial charge is 0.304 e. The summed E-state index contributed by atoms with van der Waals surface area (Å²) in [5.41, 5.74) is 4.02. The third kappa shape index (κ3) is 3.97. The van der Waals surface area contributed by atoms with E-state index in [0.717, 1.165) is 16.8 Å². The molecule has 2 aromatic heterocycles. The van der Waals surface area contributed by atoms with E-state index >= 15 is 0 Å². The topological polar surface area (TPSA) is 75.6 Å². The van der Waals surface area contributed by atoms with Gasteiger partial charge in [0.1, 0.15) is 5.69 Å². The van der Waals surface area contributed by atoms with E-state index in [2.05, 4.69) is 20.6 Å². The number of aryl methyl sites for hydroxylation is 1. The van der Waals surface area contributed by atoms with E-state index in [1.54, 1.807) is 18.2 Å². The molecule has 4 rings (SSSR count). The Bertz CT molecular complexity index is 1100. The van der Waals surface area contributed by atoms with Crippen LogP contribution in [0.5, 0.6) is 0 Å². The zero-order valence-electron chi connectivity index (χ0n) is 15.2. The molecule has 0 saturated carbocycles. The lowest BCUT2D eigenvalue weighted by Crippen LogP contribution is -2.13. The molecule has 0 aliphatic rings.